The van der Waals surface area contributed by atoms with Gasteiger partial charge in [-0.05, 0) is 30.1 Å². The first-order valence-corrected chi connectivity index (χ1v) is 4.43. The molecule has 1 nitrogen and oxygen atoms in total. The smallest absolute Gasteiger partial charge is 0.00204 e. The Bertz CT molecular complexity index is 132. The first-order valence-electron chi connectivity index (χ1n) is 4.43. The molecule has 0 unspecified atom stereocenters. The minimum Gasteiger partial charge on any atom is -0.316 e. The van der Waals surface area contributed by atoms with Crippen LogP contribution in [0, 0.1) is 17.3 Å². The third kappa shape index (κ3) is 0.800. The predicted octanol–water partition coefficient (Wildman–Crippen LogP) is 1.89. The molecule has 0 bridgehead atoms. The molecule has 1 N–H and O–H groups in total. The Kier molecular flexibility index (Phi) is 1.31. The summed E-state index contributed by atoms with van der Waals surface area (Å²) in [6, 6.07) is 0. The van der Waals surface area contributed by atoms with Crippen molar-refractivity contribution in [2.75, 3.05) is 13.1 Å². The molecule has 0 atom stereocenters. The Labute approximate surface area is 64.7 Å². The maximum Gasteiger partial charge on any atom is 0.00204 e. The average Bonchev–Trinajstić information content (AvgIpc) is 1.54. The van der Waals surface area contributed by atoms with Crippen LogP contribution in [0.25, 0.3) is 0 Å². The maximum absolute atomic E-state index is 3.36. The summed E-state index contributed by atoms with van der Waals surface area (Å²) in [4.78, 5) is 0. The fraction of sp³-hybridized carbons (Fsp3) is 1.00. The fourth-order valence-electron chi connectivity index (χ4n) is 2.29. The summed E-state index contributed by atoms with van der Waals surface area (Å²) in [7, 11) is 0. The van der Waals surface area contributed by atoms with Crippen molar-refractivity contribution in [3.8, 4) is 0 Å². The lowest BCUT2D eigenvalue weighted by Gasteiger charge is -2.55. The van der Waals surface area contributed by atoms with Crippen LogP contribution in [0.4, 0.5) is 0 Å². The van der Waals surface area contributed by atoms with Crippen LogP contribution in [0.1, 0.15) is 28.1 Å². The molecule has 2 aliphatic rings. The third-order valence-corrected chi connectivity index (χ3v) is 3.33. The Morgan fingerprint density at radius 3 is 2.30 bits per heavy atom. The maximum atomic E-state index is 3.36. The summed E-state index contributed by atoms with van der Waals surface area (Å²) >= 11 is 0. The van der Waals surface area contributed by atoms with Crippen LogP contribution in [-0.2, 0) is 0 Å². The van der Waals surface area contributed by atoms with Crippen molar-refractivity contribution < 1.29 is 1.43 Å². The molecule has 1 aliphatic carbocycles. The second-order valence-corrected chi connectivity index (χ2v) is 4.52. The molecular formula is C9H19N. The minimum absolute atomic E-state index is 0. The highest BCUT2D eigenvalue weighted by Gasteiger charge is 2.48. The van der Waals surface area contributed by atoms with Crippen LogP contribution in [0.2, 0.25) is 0 Å². The summed E-state index contributed by atoms with van der Waals surface area (Å²) < 4.78 is 0. The Hall–Kier alpha value is -0.0400. The van der Waals surface area contributed by atoms with Crippen LogP contribution >= 0.6 is 0 Å². The molecule has 0 radical (unpaired) electrons. The fourth-order valence-corrected chi connectivity index (χ4v) is 2.29. The summed E-state index contributed by atoms with van der Waals surface area (Å²) in [6.45, 7) is 7.31. The molecular weight excluding hydrogens is 122 g/mol. The minimum atomic E-state index is 0. The normalized spacial score (nSPS) is 30.3. The molecule has 0 aromatic rings. The second kappa shape index (κ2) is 1.97. The summed E-state index contributed by atoms with van der Waals surface area (Å²) in [5.74, 6) is 1.97. The van der Waals surface area contributed by atoms with E-state index in [1.54, 1.807) is 0 Å². The van der Waals surface area contributed by atoms with Gasteiger partial charge >= 0.3 is 0 Å². The lowest BCUT2D eigenvalue weighted by atomic mass is 9.56. The van der Waals surface area contributed by atoms with Crippen LogP contribution in [-0.4, -0.2) is 13.1 Å². The van der Waals surface area contributed by atoms with Gasteiger partial charge in [0, 0.05) is 14.5 Å². The Balaban J connectivity index is 0.000000605. The standard InChI is InChI=1S/C9H17N.H2/c1-7(2)8-3-9(4-8)5-10-6-9;/h7-8,10H,3-6H2,1-2H3;1H. The Morgan fingerprint density at radius 2 is 2.00 bits per heavy atom. The van der Waals surface area contributed by atoms with Gasteiger partial charge in [-0.15, -0.1) is 0 Å². The van der Waals surface area contributed by atoms with Crippen molar-refractivity contribution in [1.82, 2.24) is 5.32 Å². The highest BCUT2D eigenvalue weighted by Crippen LogP contribution is 2.50. The van der Waals surface area contributed by atoms with E-state index in [2.05, 4.69) is 19.2 Å². The first kappa shape index (κ1) is 6.66. The van der Waals surface area contributed by atoms with E-state index in [-0.39, 0.29) is 1.43 Å². The van der Waals surface area contributed by atoms with Gasteiger partial charge in [0.25, 0.3) is 0 Å². The SMILES string of the molecule is CC(C)C1CC2(CNC2)C1.[HH]. The lowest BCUT2D eigenvalue weighted by Crippen LogP contribution is -2.60. The van der Waals surface area contributed by atoms with E-state index in [0.29, 0.717) is 0 Å². The Morgan fingerprint density at radius 1 is 1.40 bits per heavy atom. The molecule has 0 aromatic carbocycles. The van der Waals surface area contributed by atoms with Gasteiger partial charge in [0.2, 0.25) is 0 Å². The lowest BCUT2D eigenvalue weighted by molar-refractivity contribution is -0.0208. The van der Waals surface area contributed by atoms with Crippen molar-refractivity contribution in [3.05, 3.63) is 0 Å². The monoisotopic (exact) mass is 141 g/mol. The van der Waals surface area contributed by atoms with Gasteiger partial charge in [-0.25, -0.2) is 0 Å². The molecule has 1 aliphatic heterocycles. The van der Waals surface area contributed by atoms with E-state index in [0.717, 1.165) is 17.3 Å². The van der Waals surface area contributed by atoms with Crippen LogP contribution < -0.4 is 5.32 Å². The van der Waals surface area contributed by atoms with Crippen molar-refractivity contribution in [2.45, 2.75) is 26.7 Å². The van der Waals surface area contributed by atoms with Gasteiger partial charge in [-0.1, -0.05) is 13.8 Å². The molecule has 1 heteroatoms. The molecule has 2 rings (SSSR count). The molecule has 2 fully saturated rings. The van der Waals surface area contributed by atoms with Crippen molar-refractivity contribution in [3.63, 3.8) is 0 Å². The quantitative estimate of drug-likeness (QED) is 0.588. The number of rotatable bonds is 1. The molecule has 0 amide bonds. The number of hydrogen-bond acceptors (Lipinski definition) is 1. The highest BCUT2D eigenvalue weighted by atomic mass is 15.0. The number of nitrogens with one attached hydrogen (secondary N) is 1. The van der Waals surface area contributed by atoms with Gasteiger partial charge in [-0.2, -0.15) is 0 Å². The van der Waals surface area contributed by atoms with Gasteiger partial charge in [-0.3, -0.25) is 0 Å². The molecule has 1 heterocycles. The van der Waals surface area contributed by atoms with Crippen molar-refractivity contribution >= 4 is 0 Å². The molecule has 1 saturated heterocycles. The number of hydrogen-bond donors (Lipinski definition) is 1. The average molecular weight is 141 g/mol. The van der Waals surface area contributed by atoms with Gasteiger partial charge in [0.15, 0.2) is 0 Å². The largest absolute Gasteiger partial charge is 0.316 e. The molecule has 60 valence electrons. The van der Waals surface area contributed by atoms with Gasteiger partial charge in [0.05, 0.1) is 0 Å². The van der Waals surface area contributed by atoms with Gasteiger partial charge < -0.3 is 5.32 Å². The highest BCUT2D eigenvalue weighted by molar-refractivity contribution is 5.02. The molecule has 1 spiro atoms. The van der Waals surface area contributed by atoms with E-state index in [1.807, 2.05) is 0 Å². The van der Waals surface area contributed by atoms with E-state index in [9.17, 15) is 0 Å². The zero-order valence-corrected chi connectivity index (χ0v) is 6.98. The third-order valence-electron chi connectivity index (χ3n) is 3.33. The zero-order chi connectivity index (χ0) is 7.19. The second-order valence-electron chi connectivity index (χ2n) is 4.52. The zero-order valence-electron chi connectivity index (χ0n) is 6.98. The first-order chi connectivity index (χ1) is 4.72. The van der Waals surface area contributed by atoms with Gasteiger partial charge in [0.1, 0.15) is 0 Å². The van der Waals surface area contributed by atoms with Crippen LogP contribution in [0.5, 0.6) is 0 Å². The topological polar surface area (TPSA) is 12.0 Å². The van der Waals surface area contributed by atoms with E-state index < -0.39 is 0 Å². The molecule has 10 heavy (non-hydrogen) atoms. The van der Waals surface area contributed by atoms with Crippen LogP contribution in [0.3, 0.4) is 0 Å². The molecule has 0 aromatic heterocycles. The molecule has 1 saturated carbocycles. The summed E-state index contributed by atoms with van der Waals surface area (Å²) in [6.07, 6.45) is 3.00. The van der Waals surface area contributed by atoms with E-state index in [4.69, 9.17) is 0 Å². The van der Waals surface area contributed by atoms with Crippen LogP contribution in [0.15, 0.2) is 0 Å². The van der Waals surface area contributed by atoms with E-state index in [1.165, 1.54) is 25.9 Å². The summed E-state index contributed by atoms with van der Waals surface area (Å²) in [5, 5.41) is 3.36. The predicted molar refractivity (Wildman–Crippen MR) is 45.0 cm³/mol. The van der Waals surface area contributed by atoms with Crippen molar-refractivity contribution in [1.29, 1.82) is 0 Å². The van der Waals surface area contributed by atoms with E-state index >= 15 is 0 Å². The van der Waals surface area contributed by atoms with Crippen molar-refractivity contribution in [2.24, 2.45) is 17.3 Å². The summed E-state index contributed by atoms with van der Waals surface area (Å²) in [5.41, 5.74) is 0.787.